The lowest BCUT2D eigenvalue weighted by Crippen LogP contribution is -2.17. The number of para-hydroxylation sites is 1. The van der Waals surface area contributed by atoms with E-state index in [1.165, 1.54) is 0 Å². The van der Waals surface area contributed by atoms with E-state index in [0.29, 0.717) is 16.1 Å². The molecule has 5 nitrogen and oxygen atoms in total. The highest BCUT2D eigenvalue weighted by molar-refractivity contribution is 6.30. The van der Waals surface area contributed by atoms with Gasteiger partial charge in [0.2, 0.25) is 11.9 Å². The third-order valence-electron chi connectivity index (χ3n) is 2.90. The van der Waals surface area contributed by atoms with Crippen molar-refractivity contribution < 1.29 is 9.53 Å². The Hall–Kier alpha value is -2.82. The van der Waals surface area contributed by atoms with Crippen LogP contribution in [0.25, 0.3) is 0 Å². The van der Waals surface area contributed by atoms with Gasteiger partial charge in [0, 0.05) is 37.6 Å². The average Bonchev–Trinajstić information content (AvgIpc) is 2.48. The van der Waals surface area contributed by atoms with E-state index in [0.717, 1.165) is 11.9 Å². The Balaban J connectivity index is 2.07. The van der Waals surface area contributed by atoms with Gasteiger partial charge in [-0.2, -0.15) is 4.74 Å². The summed E-state index contributed by atoms with van der Waals surface area (Å²) >= 11 is 0. The minimum Gasteiger partial charge on any atom is -0.618 e. The van der Waals surface area contributed by atoms with Crippen molar-refractivity contribution in [2.24, 2.45) is 0 Å². The molecule has 0 aromatic heterocycles. The molecule has 0 spiro atoms. The average molecular weight is 283 g/mol. The molecule has 0 aliphatic rings. The zero-order valence-electron chi connectivity index (χ0n) is 12.0. The maximum absolute atomic E-state index is 11.9. The van der Waals surface area contributed by atoms with E-state index in [2.05, 4.69) is 5.32 Å². The molecule has 0 bridgehead atoms. The summed E-state index contributed by atoms with van der Waals surface area (Å²) in [5.74, 6) is -0.465. The topological polar surface area (TPSA) is 58.4 Å². The largest absolute Gasteiger partial charge is 0.618 e. The number of carbonyl (C=O) groups is 1. The molecule has 0 unspecified atom stereocenters. The molecule has 5 heteroatoms. The fraction of sp³-hybridized carbons (Fsp3) is 0.125. The van der Waals surface area contributed by atoms with Gasteiger partial charge < -0.3 is 15.4 Å². The molecule has 1 amide bonds. The highest BCUT2D eigenvalue weighted by Crippen LogP contribution is 2.17. The van der Waals surface area contributed by atoms with E-state index in [9.17, 15) is 10.0 Å². The van der Waals surface area contributed by atoms with Crippen molar-refractivity contribution in [3.05, 3.63) is 59.8 Å². The van der Waals surface area contributed by atoms with Crippen molar-refractivity contribution in [1.29, 1.82) is 0 Å². The number of carbonyl (C=O) groups excluding carboxylic acids is 1. The molecule has 0 heterocycles. The second-order valence-electron chi connectivity index (χ2n) is 4.72. The van der Waals surface area contributed by atoms with Gasteiger partial charge >= 0.3 is 5.91 Å². The normalized spacial score (nSPS) is 11.0. The van der Waals surface area contributed by atoms with Gasteiger partial charge in [0.1, 0.15) is 0 Å². The molecule has 0 aliphatic heterocycles. The number of rotatable bonds is 4. The highest BCUT2D eigenvalue weighted by Gasteiger charge is 2.07. The SMILES string of the molecule is CN(C)c1ccc([N+]([O-])=CC(=O)Nc2ccccc2)cc1. The second-order valence-corrected chi connectivity index (χ2v) is 4.72. The van der Waals surface area contributed by atoms with Crippen molar-refractivity contribution >= 4 is 29.2 Å². The van der Waals surface area contributed by atoms with Crippen molar-refractivity contribution in [2.75, 3.05) is 24.3 Å². The summed E-state index contributed by atoms with van der Waals surface area (Å²) in [7, 11) is 3.84. The van der Waals surface area contributed by atoms with Crippen LogP contribution in [0, 0.1) is 5.21 Å². The monoisotopic (exact) mass is 283 g/mol. The van der Waals surface area contributed by atoms with Gasteiger partial charge in [0.25, 0.3) is 0 Å². The van der Waals surface area contributed by atoms with Gasteiger partial charge in [-0.3, -0.25) is 4.79 Å². The summed E-state index contributed by atoms with van der Waals surface area (Å²) < 4.78 is 0.553. The molecular weight excluding hydrogens is 266 g/mol. The summed E-state index contributed by atoms with van der Waals surface area (Å²) in [6.45, 7) is 0. The zero-order chi connectivity index (χ0) is 15.2. The molecule has 2 aromatic carbocycles. The third kappa shape index (κ3) is 4.07. The van der Waals surface area contributed by atoms with Crippen LogP contribution in [0.1, 0.15) is 0 Å². The Morgan fingerprint density at radius 1 is 1.10 bits per heavy atom. The van der Waals surface area contributed by atoms with E-state index >= 15 is 0 Å². The van der Waals surface area contributed by atoms with E-state index < -0.39 is 5.91 Å². The van der Waals surface area contributed by atoms with E-state index in [1.807, 2.05) is 49.3 Å². The Kier molecular flexibility index (Phi) is 4.56. The van der Waals surface area contributed by atoms with Gasteiger partial charge in [-0.25, -0.2) is 0 Å². The lowest BCUT2D eigenvalue weighted by molar-refractivity contribution is -0.354. The van der Waals surface area contributed by atoms with Crippen molar-refractivity contribution in [3.8, 4) is 0 Å². The first-order valence-corrected chi connectivity index (χ1v) is 6.51. The lowest BCUT2D eigenvalue weighted by atomic mass is 10.2. The van der Waals surface area contributed by atoms with Crippen LogP contribution in [0.5, 0.6) is 0 Å². The quantitative estimate of drug-likeness (QED) is 0.406. The summed E-state index contributed by atoms with van der Waals surface area (Å²) in [4.78, 5) is 13.7. The van der Waals surface area contributed by atoms with Gasteiger partial charge in [-0.1, -0.05) is 18.2 Å². The van der Waals surface area contributed by atoms with Crippen molar-refractivity contribution in [2.45, 2.75) is 0 Å². The number of amides is 1. The van der Waals surface area contributed by atoms with Gasteiger partial charge in [-0.15, -0.1) is 0 Å². The zero-order valence-corrected chi connectivity index (χ0v) is 12.0. The summed E-state index contributed by atoms with van der Waals surface area (Å²) in [5.41, 5.74) is 2.04. The van der Waals surface area contributed by atoms with Crippen LogP contribution >= 0.6 is 0 Å². The second kappa shape index (κ2) is 6.56. The maximum atomic E-state index is 11.9. The Morgan fingerprint density at radius 2 is 1.71 bits per heavy atom. The van der Waals surface area contributed by atoms with Gasteiger partial charge in [0.05, 0.1) is 0 Å². The molecule has 1 N–H and O–H groups in total. The first-order chi connectivity index (χ1) is 10.1. The minimum absolute atomic E-state index is 0.406. The van der Waals surface area contributed by atoms with Crippen LogP contribution in [0.4, 0.5) is 17.1 Å². The van der Waals surface area contributed by atoms with E-state index in [4.69, 9.17) is 0 Å². The smallest absolute Gasteiger partial charge is 0.313 e. The molecule has 21 heavy (non-hydrogen) atoms. The lowest BCUT2D eigenvalue weighted by Gasteiger charge is -2.12. The molecule has 2 aromatic rings. The predicted molar refractivity (Wildman–Crippen MR) is 85.2 cm³/mol. The first kappa shape index (κ1) is 14.6. The van der Waals surface area contributed by atoms with Crippen molar-refractivity contribution in [3.63, 3.8) is 0 Å². The number of benzene rings is 2. The van der Waals surface area contributed by atoms with Crippen LogP contribution in [0.2, 0.25) is 0 Å². The molecule has 0 aliphatic carbocycles. The van der Waals surface area contributed by atoms with Crippen LogP contribution in [0.15, 0.2) is 54.6 Å². The predicted octanol–water partition coefficient (Wildman–Crippen LogP) is 2.60. The maximum Gasteiger partial charge on any atom is 0.313 e. The van der Waals surface area contributed by atoms with Crippen molar-refractivity contribution in [1.82, 2.24) is 0 Å². The molecule has 108 valence electrons. The minimum atomic E-state index is -0.465. The fourth-order valence-corrected chi connectivity index (χ4v) is 1.77. The Morgan fingerprint density at radius 3 is 2.29 bits per heavy atom. The molecule has 0 saturated carbocycles. The molecule has 0 radical (unpaired) electrons. The first-order valence-electron chi connectivity index (χ1n) is 6.51. The number of hydrogen-bond acceptors (Lipinski definition) is 3. The standard InChI is InChI=1S/C16H17N3O2/c1-18(2)14-8-10-15(11-9-14)19(21)12-16(20)17-13-6-4-3-5-7-13/h3-12H,1-2H3,(H,17,20). The number of anilines is 2. The number of hydrogen-bond donors (Lipinski definition) is 1. The fourth-order valence-electron chi connectivity index (χ4n) is 1.77. The van der Waals surface area contributed by atoms with Crippen LogP contribution in [-0.4, -0.2) is 31.0 Å². The number of nitrogens with zero attached hydrogens (tertiary/aromatic N) is 2. The summed E-state index contributed by atoms with van der Waals surface area (Å²) in [6, 6.07) is 16.0. The summed E-state index contributed by atoms with van der Waals surface area (Å²) in [6.07, 6.45) is 0.984. The van der Waals surface area contributed by atoms with E-state index in [1.54, 1.807) is 24.3 Å². The van der Waals surface area contributed by atoms with Crippen LogP contribution < -0.4 is 10.2 Å². The molecule has 0 fully saturated rings. The Bertz CT molecular complexity index is 634. The third-order valence-corrected chi connectivity index (χ3v) is 2.90. The van der Waals surface area contributed by atoms with E-state index in [-0.39, 0.29) is 0 Å². The Labute approximate surface area is 123 Å². The van der Waals surface area contributed by atoms with Gasteiger partial charge in [-0.05, 0) is 24.3 Å². The molecule has 2 rings (SSSR count). The summed E-state index contributed by atoms with van der Waals surface area (Å²) in [5, 5.41) is 14.5. The van der Waals surface area contributed by atoms with Gasteiger partial charge in [0.15, 0.2) is 0 Å². The molecular formula is C16H17N3O2. The number of nitrogens with one attached hydrogen (secondary N) is 1. The molecule has 0 saturated heterocycles. The molecule has 0 atom stereocenters. The van der Waals surface area contributed by atoms with Crippen LogP contribution in [-0.2, 0) is 4.79 Å². The van der Waals surface area contributed by atoms with Crippen LogP contribution in [0.3, 0.4) is 0 Å². The highest BCUT2D eigenvalue weighted by atomic mass is 16.5.